The zero-order chi connectivity index (χ0) is 51.4. The number of carboxylic acids is 4. The average molecular weight is 1060 g/mol. The van der Waals surface area contributed by atoms with Crippen LogP contribution >= 0.6 is 0 Å². The minimum Gasteiger partial charge on any atom is -0.478 e. The van der Waals surface area contributed by atoms with E-state index >= 15 is 0 Å². The number of hydrogen-bond acceptors (Lipinski definition) is 12. The Labute approximate surface area is 428 Å². The van der Waals surface area contributed by atoms with Gasteiger partial charge in [-0.3, -0.25) is 9.97 Å². The Balaban J connectivity index is 0.000000234. The maximum Gasteiger partial charge on any atom is 2.00 e. The third-order valence-corrected chi connectivity index (χ3v) is 12.7. The van der Waals surface area contributed by atoms with Crippen molar-refractivity contribution in [2.75, 3.05) is 0 Å². The van der Waals surface area contributed by atoms with E-state index in [0.717, 1.165) is 113 Å². The number of rotatable bonds is 4. The molecule has 11 rings (SSSR count). The van der Waals surface area contributed by atoms with Crippen LogP contribution in [0.2, 0.25) is 0 Å². The van der Waals surface area contributed by atoms with E-state index in [-0.39, 0.29) is 41.7 Å². The first-order chi connectivity index (χ1) is 34.3. The SMILES string of the molecule is Cc1cc2c(cc1C)-c1nc-2nc2[n-]c(nc3nc(nc4[n-]c(n1)c1cc(C)c(C)cc41)-c1cc(C)c(C)cc1-3)c1cc(C)c(C)cc21.O=C(O)c1ccncc1C(=O)O.O=C(O)c1ccncc1C(=O)O.[Ru+2]. The maximum absolute atomic E-state index is 10.4. The Morgan fingerprint density at radius 3 is 0.808 bits per heavy atom. The van der Waals surface area contributed by atoms with Crippen molar-refractivity contribution >= 4 is 68.0 Å². The second-order valence-electron chi connectivity index (χ2n) is 17.5. The van der Waals surface area contributed by atoms with Gasteiger partial charge in [0.05, 0.1) is 45.6 Å². The van der Waals surface area contributed by atoms with E-state index in [9.17, 15) is 19.2 Å². The number of pyridine rings is 2. The van der Waals surface area contributed by atoms with Gasteiger partial charge in [0, 0.05) is 69.6 Å². The number of aryl methyl sites for hydroxylation is 8. The summed E-state index contributed by atoms with van der Waals surface area (Å²) in [6.45, 7) is 16.9. The summed E-state index contributed by atoms with van der Waals surface area (Å²) in [6.07, 6.45) is 4.48. The zero-order valence-electron chi connectivity index (χ0n) is 40.3. The van der Waals surface area contributed by atoms with Crippen LogP contribution < -0.4 is 9.97 Å². The summed E-state index contributed by atoms with van der Waals surface area (Å²) >= 11 is 0. The fourth-order valence-electron chi connectivity index (χ4n) is 8.21. The second kappa shape index (κ2) is 19.7. The summed E-state index contributed by atoms with van der Waals surface area (Å²) in [5.74, 6) is -2.84. The van der Waals surface area contributed by atoms with E-state index in [1.165, 1.54) is 12.4 Å². The molecule has 0 spiro atoms. The van der Waals surface area contributed by atoms with Gasteiger partial charge >= 0.3 is 43.4 Å². The van der Waals surface area contributed by atoms with E-state index in [4.69, 9.17) is 60.3 Å². The van der Waals surface area contributed by atoms with Crippen molar-refractivity contribution in [1.82, 2.24) is 49.8 Å². The quantitative estimate of drug-likeness (QED) is 0.119. The largest absolute Gasteiger partial charge is 2.00 e. The van der Waals surface area contributed by atoms with Gasteiger partial charge in [0.2, 0.25) is 0 Å². The fourth-order valence-corrected chi connectivity index (χ4v) is 8.21. The molecule has 9 aromatic rings. The molecule has 0 fully saturated rings. The molecule has 0 radical (unpaired) electrons. The van der Waals surface area contributed by atoms with Crippen molar-refractivity contribution in [3.63, 3.8) is 0 Å². The van der Waals surface area contributed by atoms with Crippen LogP contribution in [-0.4, -0.2) is 84.2 Å². The Kier molecular flexibility index (Phi) is 13.6. The third-order valence-electron chi connectivity index (χ3n) is 12.7. The number of fused-ring (bicyclic) bond motifs is 20. The topological polar surface area (TPSA) is 281 Å². The molecule has 19 heteroatoms. The predicted octanol–water partition coefficient (Wildman–Crippen LogP) is 9.55. The van der Waals surface area contributed by atoms with E-state index in [2.05, 4.69) is 114 Å². The standard InChI is InChI=1S/C40H32N8.2C7H5NO4.Ru/c1-17-9-25-26(10-18(17)2)34-41-33(25)45-35-27-11-19(3)20(4)12-28(27)37(42-35)47-39-31-15-23(7)24(8)16-32(31)40(44-39)48-38-30-14-22(6)21(5)13-29(30)36(43-38)46-34;2*9-6(10)4-1-2-8-3-5(4)7(11)12;/h9-16H,1-8H3;2*1-3H,(H,9,10)(H,11,12);/q-2;;;+2. The minimum absolute atomic E-state index is 0. The van der Waals surface area contributed by atoms with Crippen LogP contribution in [0.3, 0.4) is 0 Å². The van der Waals surface area contributed by atoms with Crippen molar-refractivity contribution in [2.45, 2.75) is 55.4 Å². The molecule has 2 aliphatic heterocycles. The molecule has 0 atom stereocenters. The number of hydrogen-bond donors (Lipinski definition) is 4. The van der Waals surface area contributed by atoms with E-state index in [0.29, 0.717) is 45.9 Å². The van der Waals surface area contributed by atoms with Crippen molar-refractivity contribution in [2.24, 2.45) is 0 Å². The van der Waals surface area contributed by atoms with E-state index in [1.54, 1.807) is 0 Å². The van der Waals surface area contributed by atoms with Crippen LogP contribution in [0.25, 0.3) is 89.7 Å². The van der Waals surface area contributed by atoms with Gasteiger partial charge in [0.15, 0.2) is 0 Å². The molecule has 4 N–H and O–H groups in total. The van der Waals surface area contributed by atoms with Gasteiger partial charge in [-0.15, -0.1) is 0 Å². The van der Waals surface area contributed by atoms with Gasteiger partial charge in [-0.1, -0.05) is 24.3 Å². The molecule has 0 amide bonds. The van der Waals surface area contributed by atoms with Crippen LogP contribution in [0.5, 0.6) is 0 Å². The number of carbonyl (C=O) groups is 4. The van der Waals surface area contributed by atoms with Gasteiger partial charge < -0.3 is 50.3 Å². The molecule has 364 valence electrons. The van der Waals surface area contributed by atoms with Gasteiger partial charge in [-0.2, -0.15) is 0 Å². The Bertz CT molecular complexity index is 3510. The van der Waals surface area contributed by atoms with Gasteiger partial charge in [0.1, 0.15) is 0 Å². The minimum atomic E-state index is -1.29. The molecule has 8 bridgehead atoms. The van der Waals surface area contributed by atoms with Crippen LogP contribution in [0.4, 0.5) is 0 Å². The Morgan fingerprint density at radius 2 is 0.589 bits per heavy atom. The molecule has 2 aliphatic rings. The maximum atomic E-state index is 10.4. The second-order valence-corrected chi connectivity index (χ2v) is 17.5. The summed E-state index contributed by atoms with van der Waals surface area (Å²) in [6, 6.07) is 19.4. The summed E-state index contributed by atoms with van der Waals surface area (Å²) in [5, 5.41) is 37.8. The summed E-state index contributed by atoms with van der Waals surface area (Å²) in [7, 11) is 0. The van der Waals surface area contributed by atoms with Crippen molar-refractivity contribution in [3.8, 4) is 45.6 Å². The van der Waals surface area contributed by atoms with Gasteiger partial charge in [-0.25, -0.2) is 29.1 Å². The van der Waals surface area contributed by atoms with Crippen LogP contribution in [0.15, 0.2) is 85.5 Å². The molecule has 5 aromatic heterocycles. The zero-order valence-corrected chi connectivity index (χ0v) is 42.1. The molecule has 73 heavy (non-hydrogen) atoms. The number of benzene rings is 4. The Morgan fingerprint density at radius 1 is 0.356 bits per heavy atom. The van der Waals surface area contributed by atoms with Crippen LogP contribution in [0, 0.1) is 55.4 Å². The molecule has 0 unspecified atom stereocenters. The summed E-state index contributed by atoms with van der Waals surface area (Å²) in [4.78, 5) is 89.5. The number of carboxylic acid groups (broad SMARTS) is 4. The predicted molar refractivity (Wildman–Crippen MR) is 268 cm³/mol. The average Bonchev–Trinajstić information content (AvgIpc) is 4.04. The van der Waals surface area contributed by atoms with Crippen molar-refractivity contribution in [3.05, 3.63) is 152 Å². The van der Waals surface area contributed by atoms with Gasteiger partial charge in [-0.05, 0) is 158 Å². The van der Waals surface area contributed by atoms with Crippen LogP contribution in [0.1, 0.15) is 85.9 Å². The normalized spacial score (nSPS) is 11.1. The monoisotopic (exact) mass is 1060 g/mol. The summed E-state index contributed by atoms with van der Waals surface area (Å²) < 4.78 is 0. The van der Waals surface area contributed by atoms with Crippen LogP contribution in [-0.2, 0) is 19.5 Å². The van der Waals surface area contributed by atoms with E-state index < -0.39 is 23.9 Å². The molecule has 0 aliphatic carbocycles. The third kappa shape index (κ3) is 9.53. The molecule has 0 saturated carbocycles. The first-order valence-corrected chi connectivity index (χ1v) is 22.3. The van der Waals surface area contributed by atoms with Crippen molar-refractivity contribution < 1.29 is 59.1 Å². The van der Waals surface area contributed by atoms with Crippen molar-refractivity contribution in [1.29, 1.82) is 0 Å². The summed E-state index contributed by atoms with van der Waals surface area (Å²) in [5.41, 5.74) is 14.1. The van der Waals surface area contributed by atoms with Gasteiger partial charge in [0.25, 0.3) is 0 Å². The Hall–Kier alpha value is -8.96. The smallest absolute Gasteiger partial charge is 0.478 e. The molecule has 18 nitrogen and oxygen atoms in total. The molecular formula is C54H42N10O8Ru. The number of aromatic nitrogens is 10. The number of aromatic carboxylic acids is 4. The fraction of sp³-hybridized carbons (Fsp3) is 0.148. The molecule has 4 aromatic carbocycles. The molecule has 7 heterocycles. The molecular weight excluding hydrogens is 1020 g/mol. The first-order valence-electron chi connectivity index (χ1n) is 22.3. The number of nitrogens with zero attached hydrogens (tertiary/aromatic N) is 10. The van der Waals surface area contributed by atoms with E-state index in [1.807, 2.05) is 0 Å². The first kappa shape index (κ1) is 50.4. The molecule has 0 saturated heterocycles.